The fourth-order valence-corrected chi connectivity index (χ4v) is 3.40. The smallest absolute Gasteiger partial charge is 0.229 e. The van der Waals surface area contributed by atoms with Crippen LogP contribution in [0, 0.1) is 17.6 Å². The summed E-state index contributed by atoms with van der Waals surface area (Å²) in [4.78, 5) is 11.6. The summed E-state index contributed by atoms with van der Waals surface area (Å²) in [5.41, 5.74) is 0.538. The molecule has 1 heterocycles. The van der Waals surface area contributed by atoms with E-state index in [1.165, 1.54) is 35.2 Å². The van der Waals surface area contributed by atoms with Crippen LogP contribution in [0.5, 0.6) is 0 Å². The van der Waals surface area contributed by atoms with E-state index in [0.29, 0.717) is 20.8 Å². The number of halogens is 2. The van der Waals surface area contributed by atoms with Gasteiger partial charge >= 0.3 is 0 Å². The zero-order valence-corrected chi connectivity index (χ0v) is 12.4. The van der Waals surface area contributed by atoms with E-state index in [0.717, 1.165) is 18.9 Å². The van der Waals surface area contributed by atoms with Gasteiger partial charge in [-0.15, -0.1) is 10.2 Å². The molecule has 1 saturated carbocycles. The lowest BCUT2D eigenvalue weighted by atomic mass is 10.2. The molecule has 1 fully saturated rings. The van der Waals surface area contributed by atoms with E-state index in [-0.39, 0.29) is 11.8 Å². The molecule has 4 nitrogen and oxygen atoms in total. The van der Waals surface area contributed by atoms with E-state index in [1.54, 1.807) is 0 Å². The quantitative estimate of drug-likeness (QED) is 0.675. The fourth-order valence-electron chi connectivity index (χ4n) is 1.71. The molecule has 0 atom stereocenters. The van der Waals surface area contributed by atoms with Crippen LogP contribution in [-0.4, -0.2) is 16.1 Å². The van der Waals surface area contributed by atoms with Crippen molar-refractivity contribution < 1.29 is 13.6 Å². The van der Waals surface area contributed by atoms with Crippen LogP contribution in [0.25, 0.3) is 0 Å². The number of rotatable bonds is 5. The van der Waals surface area contributed by atoms with Crippen LogP contribution in [0.4, 0.5) is 13.9 Å². The molecule has 8 heteroatoms. The van der Waals surface area contributed by atoms with Gasteiger partial charge in [0.15, 0.2) is 4.34 Å². The molecule has 0 spiro atoms. The number of thioether (sulfide) groups is 1. The Kier molecular flexibility index (Phi) is 4.16. The topological polar surface area (TPSA) is 54.9 Å². The average molecular weight is 327 g/mol. The molecule has 1 aliphatic rings. The highest BCUT2D eigenvalue weighted by Crippen LogP contribution is 2.32. The lowest BCUT2D eigenvalue weighted by Crippen LogP contribution is -2.12. The van der Waals surface area contributed by atoms with Gasteiger partial charge in [0.1, 0.15) is 11.6 Å². The van der Waals surface area contributed by atoms with Crippen molar-refractivity contribution in [2.75, 3.05) is 5.32 Å². The fraction of sp³-hybridized carbons (Fsp3) is 0.308. The van der Waals surface area contributed by atoms with Gasteiger partial charge in [0.2, 0.25) is 11.0 Å². The van der Waals surface area contributed by atoms with Gasteiger partial charge in [-0.05, 0) is 30.5 Å². The van der Waals surface area contributed by atoms with Gasteiger partial charge in [0.05, 0.1) is 0 Å². The third-order valence-corrected chi connectivity index (χ3v) is 4.91. The van der Waals surface area contributed by atoms with E-state index in [1.807, 2.05) is 0 Å². The highest BCUT2D eigenvalue weighted by atomic mass is 32.2. The van der Waals surface area contributed by atoms with Gasteiger partial charge in [0, 0.05) is 17.7 Å². The summed E-state index contributed by atoms with van der Waals surface area (Å²) in [5, 5.41) is 11.0. The molecule has 1 N–H and O–H groups in total. The van der Waals surface area contributed by atoms with Gasteiger partial charge in [0.25, 0.3) is 0 Å². The highest BCUT2D eigenvalue weighted by Gasteiger charge is 2.30. The summed E-state index contributed by atoms with van der Waals surface area (Å²) < 4.78 is 26.8. The van der Waals surface area contributed by atoms with Gasteiger partial charge in [-0.2, -0.15) is 0 Å². The number of nitrogens with one attached hydrogen (secondary N) is 1. The number of anilines is 1. The van der Waals surface area contributed by atoms with Crippen molar-refractivity contribution in [1.29, 1.82) is 0 Å². The van der Waals surface area contributed by atoms with Crippen molar-refractivity contribution in [3.05, 3.63) is 35.4 Å². The number of carbonyl (C=O) groups excluding carboxylic acids is 1. The Morgan fingerprint density at radius 3 is 2.67 bits per heavy atom. The van der Waals surface area contributed by atoms with E-state index >= 15 is 0 Å². The third kappa shape index (κ3) is 3.98. The molecule has 1 aromatic heterocycles. The van der Waals surface area contributed by atoms with Crippen molar-refractivity contribution in [2.45, 2.75) is 22.9 Å². The number of carbonyl (C=O) groups is 1. The Hall–Kier alpha value is -1.54. The number of aromatic nitrogens is 2. The Bertz CT molecular complexity index is 653. The van der Waals surface area contributed by atoms with Crippen molar-refractivity contribution in [1.82, 2.24) is 10.2 Å². The second kappa shape index (κ2) is 6.07. The molecular weight excluding hydrogens is 316 g/mol. The van der Waals surface area contributed by atoms with Gasteiger partial charge in [-0.25, -0.2) is 8.78 Å². The van der Waals surface area contributed by atoms with Gasteiger partial charge in [-0.1, -0.05) is 23.1 Å². The number of hydrogen-bond donors (Lipinski definition) is 1. The second-order valence-electron chi connectivity index (χ2n) is 4.70. The van der Waals surface area contributed by atoms with Crippen molar-refractivity contribution in [3.8, 4) is 0 Å². The maximum Gasteiger partial charge on any atom is 0.229 e. The first-order valence-electron chi connectivity index (χ1n) is 6.32. The highest BCUT2D eigenvalue weighted by molar-refractivity contribution is 8.00. The molecule has 0 saturated heterocycles. The Morgan fingerprint density at radius 2 is 2.00 bits per heavy atom. The second-order valence-corrected chi connectivity index (χ2v) is 6.90. The number of hydrogen-bond acceptors (Lipinski definition) is 5. The van der Waals surface area contributed by atoms with Crippen LogP contribution in [0.3, 0.4) is 0 Å². The van der Waals surface area contributed by atoms with Crippen molar-refractivity contribution in [2.24, 2.45) is 5.92 Å². The van der Waals surface area contributed by atoms with Crippen LogP contribution >= 0.6 is 23.1 Å². The Balaban J connectivity index is 1.57. The average Bonchev–Trinajstić information content (AvgIpc) is 3.18. The van der Waals surface area contributed by atoms with Gasteiger partial charge in [-0.3, -0.25) is 4.79 Å². The molecule has 0 aliphatic heterocycles. The van der Waals surface area contributed by atoms with Crippen molar-refractivity contribution >= 4 is 34.1 Å². The third-order valence-electron chi connectivity index (χ3n) is 2.87. The number of nitrogens with zero attached hydrogens (tertiary/aromatic N) is 2. The standard InChI is InChI=1S/C13H11F2N3OS2/c14-9-3-7(4-10(15)5-9)6-20-13-18-17-12(21-13)16-11(19)8-1-2-8/h3-5,8H,1-2,6H2,(H,16,17,19). The molecule has 0 bridgehead atoms. The largest absolute Gasteiger partial charge is 0.300 e. The van der Waals surface area contributed by atoms with Crippen LogP contribution in [-0.2, 0) is 10.5 Å². The monoisotopic (exact) mass is 327 g/mol. The van der Waals surface area contributed by atoms with Crippen LogP contribution < -0.4 is 5.32 Å². The minimum atomic E-state index is -0.597. The predicted octanol–water partition coefficient (Wildman–Crippen LogP) is 3.46. The SMILES string of the molecule is O=C(Nc1nnc(SCc2cc(F)cc(F)c2)s1)C1CC1. The lowest BCUT2D eigenvalue weighted by molar-refractivity contribution is -0.117. The molecule has 1 aliphatic carbocycles. The molecule has 0 unspecified atom stereocenters. The van der Waals surface area contributed by atoms with E-state index < -0.39 is 11.6 Å². The number of amides is 1. The Morgan fingerprint density at radius 1 is 1.29 bits per heavy atom. The van der Waals surface area contributed by atoms with Crippen LogP contribution in [0.15, 0.2) is 22.5 Å². The first kappa shape index (κ1) is 14.4. The molecule has 21 heavy (non-hydrogen) atoms. The first-order valence-corrected chi connectivity index (χ1v) is 8.12. The lowest BCUT2D eigenvalue weighted by Gasteiger charge is -1.99. The molecule has 2 aromatic rings. The summed E-state index contributed by atoms with van der Waals surface area (Å²) >= 11 is 2.58. The van der Waals surface area contributed by atoms with Crippen LogP contribution in [0.2, 0.25) is 0 Å². The molecule has 0 radical (unpaired) electrons. The van der Waals surface area contributed by atoms with Gasteiger partial charge < -0.3 is 5.32 Å². The molecule has 1 aromatic carbocycles. The zero-order valence-electron chi connectivity index (χ0n) is 10.8. The first-order chi connectivity index (χ1) is 10.1. The minimum Gasteiger partial charge on any atom is -0.300 e. The predicted molar refractivity (Wildman–Crippen MR) is 77.2 cm³/mol. The molecule has 3 rings (SSSR count). The molecular formula is C13H11F2N3OS2. The van der Waals surface area contributed by atoms with E-state index in [2.05, 4.69) is 15.5 Å². The zero-order chi connectivity index (χ0) is 14.8. The molecule has 1 amide bonds. The van der Waals surface area contributed by atoms with E-state index in [4.69, 9.17) is 0 Å². The number of benzene rings is 1. The summed E-state index contributed by atoms with van der Waals surface area (Å²) in [6.07, 6.45) is 1.86. The molecule has 110 valence electrons. The minimum absolute atomic E-state index is 0.0186. The summed E-state index contributed by atoms with van der Waals surface area (Å²) in [6.45, 7) is 0. The summed E-state index contributed by atoms with van der Waals surface area (Å²) in [5.74, 6) is -0.712. The summed E-state index contributed by atoms with van der Waals surface area (Å²) in [7, 11) is 0. The van der Waals surface area contributed by atoms with Crippen LogP contribution in [0.1, 0.15) is 18.4 Å². The maximum atomic E-state index is 13.1. The van der Waals surface area contributed by atoms with Crippen molar-refractivity contribution in [3.63, 3.8) is 0 Å². The Labute approximate surface area is 128 Å². The summed E-state index contributed by atoms with van der Waals surface area (Å²) in [6, 6.07) is 3.41. The van der Waals surface area contributed by atoms with E-state index in [9.17, 15) is 13.6 Å². The normalized spacial score (nSPS) is 14.2. The maximum absolute atomic E-state index is 13.1.